The van der Waals surface area contributed by atoms with Gasteiger partial charge in [-0.3, -0.25) is 19.3 Å². The number of amides is 3. The molecule has 0 aromatic heterocycles. The molecule has 1 fully saturated rings. The van der Waals surface area contributed by atoms with Crippen LogP contribution in [0.1, 0.15) is 69.2 Å². The van der Waals surface area contributed by atoms with Crippen LogP contribution in [0.3, 0.4) is 0 Å². The van der Waals surface area contributed by atoms with E-state index < -0.39 is 5.97 Å². The van der Waals surface area contributed by atoms with E-state index in [1.54, 1.807) is 48.3 Å². The van der Waals surface area contributed by atoms with Crippen molar-refractivity contribution in [1.29, 1.82) is 0 Å². The molecule has 35 heavy (non-hydrogen) atoms. The molecule has 3 amide bonds. The summed E-state index contributed by atoms with van der Waals surface area (Å²) in [5, 5.41) is 0. The topological polar surface area (TPSA) is 93.2 Å². The highest BCUT2D eigenvalue weighted by Gasteiger charge is 2.35. The molecule has 8 heteroatoms. The Morgan fingerprint density at radius 1 is 1.00 bits per heavy atom. The number of fused-ring (bicyclic) bond motifs is 1. The second kappa shape index (κ2) is 10.3. The fourth-order valence-corrected chi connectivity index (χ4v) is 4.72. The molecule has 8 nitrogen and oxygen atoms in total. The summed E-state index contributed by atoms with van der Waals surface area (Å²) in [6, 6.07) is 11.6. The fourth-order valence-electron chi connectivity index (χ4n) is 4.72. The normalized spacial score (nSPS) is 19.3. The molecule has 0 bridgehead atoms. The maximum Gasteiger partial charge on any atom is 0.342 e. The number of likely N-dealkylation sites (N-methyl/N-ethyl adjacent to an activating group) is 1. The first-order valence-corrected chi connectivity index (χ1v) is 11.8. The Morgan fingerprint density at radius 3 is 2.23 bits per heavy atom. The van der Waals surface area contributed by atoms with Crippen LogP contribution in [0.15, 0.2) is 42.5 Å². The molecule has 1 aliphatic heterocycles. The molecule has 0 saturated heterocycles. The third kappa shape index (κ3) is 5.06. The number of carbonyl (C=O) groups is 4. The molecule has 4 rings (SSSR count). The monoisotopic (exact) mass is 478 g/mol. The van der Waals surface area contributed by atoms with Gasteiger partial charge in [-0.1, -0.05) is 25.1 Å². The summed E-state index contributed by atoms with van der Waals surface area (Å²) >= 11 is 0. The SMILES string of the molecule is COc1ccc(CN2C(=O)c3ccccc3C2=O)cc1C(=O)OCC(=O)N(C)C1CCC(C)CC1. The Labute approximate surface area is 204 Å². The lowest BCUT2D eigenvalue weighted by Crippen LogP contribution is -2.41. The van der Waals surface area contributed by atoms with Gasteiger partial charge in [0.15, 0.2) is 6.61 Å². The zero-order chi connectivity index (χ0) is 25.1. The lowest BCUT2D eigenvalue weighted by atomic mass is 9.87. The molecule has 1 heterocycles. The fraction of sp³-hybridized carbons (Fsp3) is 0.407. The molecule has 2 aromatic carbocycles. The van der Waals surface area contributed by atoms with Crippen molar-refractivity contribution in [1.82, 2.24) is 9.80 Å². The summed E-state index contributed by atoms with van der Waals surface area (Å²) in [7, 11) is 3.18. The van der Waals surface area contributed by atoms with Crippen LogP contribution in [0.5, 0.6) is 5.75 Å². The Kier molecular flexibility index (Phi) is 7.19. The van der Waals surface area contributed by atoms with E-state index in [9.17, 15) is 19.2 Å². The molecule has 0 radical (unpaired) electrons. The van der Waals surface area contributed by atoms with Crippen molar-refractivity contribution < 1.29 is 28.7 Å². The maximum atomic E-state index is 12.8. The van der Waals surface area contributed by atoms with E-state index in [-0.39, 0.29) is 48.2 Å². The smallest absolute Gasteiger partial charge is 0.342 e. The van der Waals surface area contributed by atoms with E-state index in [0.29, 0.717) is 22.6 Å². The Morgan fingerprint density at radius 2 is 1.63 bits per heavy atom. The number of esters is 1. The van der Waals surface area contributed by atoms with E-state index in [4.69, 9.17) is 9.47 Å². The van der Waals surface area contributed by atoms with Crippen LogP contribution in [0.4, 0.5) is 0 Å². The van der Waals surface area contributed by atoms with Gasteiger partial charge in [-0.25, -0.2) is 4.79 Å². The first-order chi connectivity index (χ1) is 16.8. The number of ether oxygens (including phenoxy) is 2. The van der Waals surface area contributed by atoms with Gasteiger partial charge in [0, 0.05) is 13.1 Å². The quantitative estimate of drug-likeness (QED) is 0.445. The number of imide groups is 1. The number of methoxy groups -OCH3 is 1. The standard InChI is InChI=1S/C27H30N2O6/c1-17-8-11-19(12-9-17)28(2)24(30)16-35-27(33)22-14-18(10-13-23(22)34-3)15-29-25(31)20-6-4-5-7-21(20)26(29)32/h4-7,10,13-14,17,19H,8-9,11-12,15-16H2,1-3H3. The van der Waals surface area contributed by atoms with Gasteiger partial charge < -0.3 is 14.4 Å². The van der Waals surface area contributed by atoms with Gasteiger partial charge >= 0.3 is 5.97 Å². The predicted octanol–water partition coefficient (Wildman–Crippen LogP) is 3.69. The predicted molar refractivity (Wildman–Crippen MR) is 128 cm³/mol. The molecule has 0 unspecified atom stereocenters. The second-order valence-electron chi connectivity index (χ2n) is 9.27. The lowest BCUT2D eigenvalue weighted by molar-refractivity contribution is -0.136. The number of hydrogen-bond acceptors (Lipinski definition) is 6. The summed E-state index contributed by atoms with van der Waals surface area (Å²) in [6.07, 6.45) is 4.06. The van der Waals surface area contributed by atoms with Crippen LogP contribution in [-0.4, -0.2) is 60.3 Å². The van der Waals surface area contributed by atoms with Crippen molar-refractivity contribution in [2.24, 2.45) is 5.92 Å². The zero-order valence-electron chi connectivity index (χ0n) is 20.3. The molecule has 1 aliphatic carbocycles. The molecule has 2 aliphatic rings. The van der Waals surface area contributed by atoms with E-state index >= 15 is 0 Å². The minimum absolute atomic E-state index is 0.00160. The number of rotatable bonds is 7. The molecular weight excluding hydrogens is 448 g/mol. The highest BCUT2D eigenvalue weighted by atomic mass is 16.5. The van der Waals surface area contributed by atoms with Gasteiger partial charge in [-0.05, 0) is 61.4 Å². The van der Waals surface area contributed by atoms with Gasteiger partial charge in [0.1, 0.15) is 11.3 Å². The average molecular weight is 479 g/mol. The van der Waals surface area contributed by atoms with Crippen LogP contribution in [0.2, 0.25) is 0 Å². The van der Waals surface area contributed by atoms with Crippen LogP contribution in [0, 0.1) is 5.92 Å². The van der Waals surface area contributed by atoms with Crippen molar-refractivity contribution >= 4 is 23.7 Å². The first kappa shape index (κ1) is 24.4. The third-order valence-corrected chi connectivity index (χ3v) is 6.96. The van der Waals surface area contributed by atoms with E-state index in [1.165, 1.54) is 13.2 Å². The molecule has 2 aromatic rings. The molecule has 0 N–H and O–H groups in total. The van der Waals surface area contributed by atoms with E-state index in [1.807, 2.05) is 0 Å². The Bertz CT molecular complexity index is 1120. The number of nitrogens with zero attached hydrogens (tertiary/aromatic N) is 2. The van der Waals surface area contributed by atoms with Crippen molar-refractivity contribution in [3.63, 3.8) is 0 Å². The first-order valence-electron chi connectivity index (χ1n) is 11.8. The third-order valence-electron chi connectivity index (χ3n) is 6.96. The van der Waals surface area contributed by atoms with Crippen molar-refractivity contribution in [3.8, 4) is 5.75 Å². The lowest BCUT2D eigenvalue weighted by Gasteiger charge is -2.33. The highest BCUT2D eigenvalue weighted by Crippen LogP contribution is 2.28. The minimum atomic E-state index is -0.704. The number of hydrogen-bond donors (Lipinski definition) is 0. The van der Waals surface area contributed by atoms with Crippen LogP contribution in [0.25, 0.3) is 0 Å². The largest absolute Gasteiger partial charge is 0.496 e. The van der Waals surface area contributed by atoms with Crippen LogP contribution in [-0.2, 0) is 16.1 Å². The Balaban J connectivity index is 1.42. The maximum absolute atomic E-state index is 12.8. The van der Waals surface area contributed by atoms with Gasteiger partial charge in [0.25, 0.3) is 17.7 Å². The van der Waals surface area contributed by atoms with E-state index in [0.717, 1.165) is 30.6 Å². The molecular formula is C27H30N2O6. The van der Waals surface area contributed by atoms with Gasteiger partial charge in [-0.2, -0.15) is 0 Å². The minimum Gasteiger partial charge on any atom is -0.496 e. The Hall–Kier alpha value is -3.68. The summed E-state index contributed by atoms with van der Waals surface area (Å²) in [6.45, 7) is 1.85. The van der Waals surface area contributed by atoms with Crippen molar-refractivity contribution in [2.75, 3.05) is 20.8 Å². The van der Waals surface area contributed by atoms with E-state index in [2.05, 4.69) is 6.92 Å². The molecule has 0 atom stereocenters. The number of carbonyl (C=O) groups excluding carboxylic acids is 4. The summed E-state index contributed by atoms with van der Waals surface area (Å²) in [5.74, 6) is -0.757. The van der Waals surface area contributed by atoms with Gasteiger partial charge in [0.05, 0.1) is 24.8 Å². The van der Waals surface area contributed by atoms with Gasteiger partial charge in [0.2, 0.25) is 0 Å². The van der Waals surface area contributed by atoms with Crippen molar-refractivity contribution in [2.45, 2.75) is 45.2 Å². The van der Waals surface area contributed by atoms with Gasteiger partial charge in [-0.15, -0.1) is 0 Å². The second-order valence-corrected chi connectivity index (χ2v) is 9.27. The molecule has 184 valence electrons. The van der Waals surface area contributed by atoms with Crippen LogP contribution >= 0.6 is 0 Å². The average Bonchev–Trinajstić information content (AvgIpc) is 3.12. The van der Waals surface area contributed by atoms with Crippen LogP contribution < -0.4 is 4.74 Å². The summed E-state index contributed by atoms with van der Waals surface area (Å²) < 4.78 is 10.6. The highest BCUT2D eigenvalue weighted by molar-refractivity contribution is 6.21. The molecule has 0 spiro atoms. The zero-order valence-corrected chi connectivity index (χ0v) is 20.3. The molecule has 1 saturated carbocycles. The number of benzene rings is 2. The summed E-state index contributed by atoms with van der Waals surface area (Å²) in [5.41, 5.74) is 1.41. The van der Waals surface area contributed by atoms with Crippen molar-refractivity contribution in [3.05, 3.63) is 64.7 Å². The summed E-state index contributed by atoms with van der Waals surface area (Å²) in [4.78, 5) is 53.7.